The van der Waals surface area contributed by atoms with E-state index in [1.54, 1.807) is 13.8 Å². The first-order valence-electron chi connectivity index (χ1n) is 8.88. The third kappa shape index (κ3) is 5.43. The van der Waals surface area contributed by atoms with Crippen LogP contribution in [-0.4, -0.2) is 60.9 Å². The number of aryl methyl sites for hydroxylation is 1. The van der Waals surface area contributed by atoms with Crippen molar-refractivity contribution in [3.8, 4) is 0 Å². The molecule has 0 saturated carbocycles. The number of ether oxygens (including phenoxy) is 2. The van der Waals surface area contributed by atoms with Crippen LogP contribution < -0.4 is 5.32 Å². The lowest BCUT2D eigenvalue weighted by molar-refractivity contribution is -0.136. The first-order chi connectivity index (χ1) is 14.1. The van der Waals surface area contributed by atoms with Gasteiger partial charge >= 0.3 is 11.9 Å². The molecule has 0 atom stereocenters. The van der Waals surface area contributed by atoms with Crippen molar-refractivity contribution in [2.75, 3.05) is 32.6 Å². The van der Waals surface area contributed by atoms with Gasteiger partial charge in [-0.1, -0.05) is 0 Å². The summed E-state index contributed by atoms with van der Waals surface area (Å²) in [5.41, 5.74) is 1.44. The molecule has 160 valence electrons. The molecular weight excluding hydrogens is 397 g/mol. The Hall–Kier alpha value is -3.69. The number of hydrogen-bond acceptors (Lipinski definition) is 6. The van der Waals surface area contributed by atoms with Crippen molar-refractivity contribution in [2.45, 2.75) is 13.8 Å². The first kappa shape index (κ1) is 22.6. The van der Waals surface area contributed by atoms with Gasteiger partial charge in [0.25, 0.3) is 5.91 Å². The molecule has 30 heavy (non-hydrogen) atoms. The highest BCUT2D eigenvalue weighted by atomic mass is 19.1. The Bertz CT molecular complexity index is 968. The number of hydrogen-bond donors (Lipinski definition) is 2. The number of nitrogens with one attached hydrogen (secondary N) is 2. The molecule has 2 N–H and O–H groups in total. The monoisotopic (exact) mass is 419 g/mol. The molecule has 0 saturated heterocycles. The maximum absolute atomic E-state index is 12.9. The van der Waals surface area contributed by atoms with Crippen molar-refractivity contribution in [1.82, 2.24) is 9.88 Å². The van der Waals surface area contributed by atoms with Crippen molar-refractivity contribution in [1.29, 1.82) is 0 Å². The number of aromatic nitrogens is 1. The summed E-state index contributed by atoms with van der Waals surface area (Å²) in [6.07, 6.45) is 0. The summed E-state index contributed by atoms with van der Waals surface area (Å²) < 4.78 is 22.6. The summed E-state index contributed by atoms with van der Waals surface area (Å²) in [7, 11) is 2.60. The van der Waals surface area contributed by atoms with Gasteiger partial charge in [0.1, 0.15) is 11.5 Å². The van der Waals surface area contributed by atoms with E-state index in [0.29, 0.717) is 16.9 Å². The normalized spacial score (nSPS) is 10.3. The van der Waals surface area contributed by atoms with E-state index in [1.165, 1.54) is 38.4 Å². The molecule has 0 fully saturated rings. The molecule has 0 radical (unpaired) electrons. The lowest BCUT2D eigenvalue weighted by Gasteiger charge is -2.16. The van der Waals surface area contributed by atoms with Gasteiger partial charge in [-0.2, -0.15) is 0 Å². The fourth-order valence-electron chi connectivity index (χ4n) is 2.71. The van der Waals surface area contributed by atoms with E-state index < -0.39 is 36.2 Å². The fourth-order valence-corrected chi connectivity index (χ4v) is 2.71. The number of H-pyrrole nitrogens is 1. The van der Waals surface area contributed by atoms with E-state index >= 15 is 0 Å². The Balaban J connectivity index is 1.90. The summed E-state index contributed by atoms with van der Waals surface area (Å²) in [4.78, 5) is 52.0. The predicted molar refractivity (Wildman–Crippen MR) is 105 cm³/mol. The lowest BCUT2D eigenvalue weighted by atomic mass is 10.1. The number of methoxy groups -OCH3 is 1. The smallest absolute Gasteiger partial charge is 0.355 e. The highest BCUT2D eigenvalue weighted by molar-refractivity contribution is 5.99. The van der Waals surface area contributed by atoms with Crippen LogP contribution >= 0.6 is 0 Å². The van der Waals surface area contributed by atoms with E-state index in [0.717, 1.165) is 4.90 Å². The van der Waals surface area contributed by atoms with Crippen LogP contribution in [0.1, 0.15) is 32.1 Å². The van der Waals surface area contributed by atoms with Crippen molar-refractivity contribution < 1.29 is 33.0 Å². The van der Waals surface area contributed by atoms with E-state index in [-0.39, 0.29) is 17.8 Å². The minimum atomic E-state index is -0.816. The number of amides is 2. The second-order valence-corrected chi connectivity index (χ2v) is 6.50. The summed E-state index contributed by atoms with van der Waals surface area (Å²) in [5.74, 6) is -2.95. The number of carbonyl (C=O) groups is 4. The zero-order valence-electron chi connectivity index (χ0n) is 17.0. The molecule has 1 aromatic carbocycles. The second kappa shape index (κ2) is 9.68. The molecule has 0 aliphatic rings. The maximum Gasteiger partial charge on any atom is 0.355 e. The van der Waals surface area contributed by atoms with Crippen LogP contribution in [-0.2, 0) is 19.1 Å². The standard InChI is InChI=1S/C20H22FN3O6/c1-11-17(19(27)29-4)12(2)22-18(11)20(28)30-10-16(26)24(3)9-15(25)23-14-7-5-13(21)6-8-14/h5-8,22H,9-10H2,1-4H3,(H,23,25). The third-order valence-corrected chi connectivity index (χ3v) is 4.29. The molecule has 2 amide bonds. The SMILES string of the molecule is COC(=O)c1c(C)[nH]c(C(=O)OCC(=O)N(C)CC(=O)Nc2ccc(F)cc2)c1C. The van der Waals surface area contributed by atoms with Crippen LogP contribution in [0.4, 0.5) is 10.1 Å². The van der Waals surface area contributed by atoms with Crippen molar-refractivity contribution in [3.05, 3.63) is 52.6 Å². The van der Waals surface area contributed by atoms with Gasteiger partial charge in [-0.15, -0.1) is 0 Å². The van der Waals surface area contributed by atoms with Crippen LogP contribution in [0.15, 0.2) is 24.3 Å². The summed E-state index contributed by atoms with van der Waals surface area (Å²) in [6.45, 7) is 2.28. The summed E-state index contributed by atoms with van der Waals surface area (Å²) >= 11 is 0. The Morgan fingerprint density at radius 3 is 2.33 bits per heavy atom. The third-order valence-electron chi connectivity index (χ3n) is 4.29. The molecule has 2 aromatic rings. The van der Waals surface area contributed by atoms with Crippen LogP contribution in [0.2, 0.25) is 0 Å². The summed E-state index contributed by atoms with van der Waals surface area (Å²) in [6, 6.07) is 5.17. The van der Waals surface area contributed by atoms with Crippen LogP contribution in [0.5, 0.6) is 0 Å². The van der Waals surface area contributed by atoms with E-state index in [1.807, 2.05) is 0 Å². The Morgan fingerprint density at radius 2 is 1.73 bits per heavy atom. The van der Waals surface area contributed by atoms with Crippen LogP contribution in [0.3, 0.4) is 0 Å². The van der Waals surface area contributed by atoms with Gasteiger partial charge in [-0.3, -0.25) is 9.59 Å². The zero-order chi connectivity index (χ0) is 22.4. The number of halogens is 1. The van der Waals surface area contributed by atoms with E-state index in [4.69, 9.17) is 4.74 Å². The van der Waals surface area contributed by atoms with Crippen molar-refractivity contribution >= 4 is 29.4 Å². The highest BCUT2D eigenvalue weighted by Gasteiger charge is 2.24. The van der Waals surface area contributed by atoms with Gasteiger partial charge < -0.3 is 24.7 Å². The van der Waals surface area contributed by atoms with E-state index in [9.17, 15) is 23.6 Å². The predicted octanol–water partition coefficient (Wildman–Crippen LogP) is 1.81. The molecule has 0 bridgehead atoms. The molecule has 2 rings (SSSR count). The van der Waals surface area contributed by atoms with Crippen molar-refractivity contribution in [2.24, 2.45) is 0 Å². The number of anilines is 1. The number of nitrogens with zero attached hydrogens (tertiary/aromatic N) is 1. The number of carbonyl (C=O) groups excluding carboxylic acids is 4. The molecule has 9 nitrogen and oxygen atoms in total. The van der Waals surface area contributed by atoms with Crippen LogP contribution in [0.25, 0.3) is 0 Å². The number of aromatic amines is 1. The maximum atomic E-state index is 12.9. The second-order valence-electron chi connectivity index (χ2n) is 6.50. The number of esters is 2. The molecule has 0 aliphatic heterocycles. The molecule has 0 spiro atoms. The minimum Gasteiger partial charge on any atom is -0.465 e. The Kier molecular flexibility index (Phi) is 7.29. The van der Waals surface area contributed by atoms with Crippen LogP contribution in [0, 0.1) is 19.7 Å². The first-order valence-corrected chi connectivity index (χ1v) is 8.88. The Morgan fingerprint density at radius 1 is 1.10 bits per heavy atom. The van der Waals surface area contributed by atoms with Gasteiger partial charge in [-0.05, 0) is 43.7 Å². The lowest BCUT2D eigenvalue weighted by Crippen LogP contribution is -2.37. The molecule has 1 heterocycles. The quantitative estimate of drug-likeness (QED) is 0.661. The van der Waals surface area contributed by atoms with Gasteiger partial charge in [0.15, 0.2) is 6.61 Å². The van der Waals surface area contributed by atoms with E-state index in [2.05, 4.69) is 15.0 Å². The number of benzene rings is 1. The van der Waals surface area contributed by atoms with Gasteiger partial charge in [-0.25, -0.2) is 14.0 Å². The minimum absolute atomic E-state index is 0.0393. The molecule has 0 unspecified atom stereocenters. The molecule has 1 aromatic heterocycles. The average Bonchev–Trinajstić information content (AvgIpc) is 3.01. The topological polar surface area (TPSA) is 118 Å². The number of likely N-dealkylation sites (N-methyl/N-ethyl adjacent to an activating group) is 1. The fraction of sp³-hybridized carbons (Fsp3) is 0.300. The molecular formula is C20H22FN3O6. The number of rotatable bonds is 7. The van der Waals surface area contributed by atoms with Gasteiger partial charge in [0.2, 0.25) is 5.91 Å². The van der Waals surface area contributed by atoms with Crippen molar-refractivity contribution in [3.63, 3.8) is 0 Å². The molecule has 0 aliphatic carbocycles. The van der Waals surface area contributed by atoms with Gasteiger partial charge in [0, 0.05) is 18.4 Å². The Labute approximate surface area is 172 Å². The largest absolute Gasteiger partial charge is 0.465 e. The highest BCUT2D eigenvalue weighted by Crippen LogP contribution is 2.19. The average molecular weight is 419 g/mol. The van der Waals surface area contributed by atoms with Gasteiger partial charge in [0.05, 0.1) is 19.2 Å². The zero-order valence-corrected chi connectivity index (χ0v) is 17.0. The summed E-state index contributed by atoms with van der Waals surface area (Å²) in [5, 5.41) is 2.52. The molecule has 10 heteroatoms.